The van der Waals surface area contributed by atoms with Crippen LogP contribution >= 0.6 is 11.3 Å². The molecule has 0 aliphatic carbocycles. The monoisotopic (exact) mass is 304 g/mol. The summed E-state index contributed by atoms with van der Waals surface area (Å²) in [4.78, 5) is 16.3. The third-order valence-corrected chi connectivity index (χ3v) is 5.96. The molecule has 2 aromatic rings. The molecule has 1 aliphatic rings. The maximum absolute atomic E-state index is 4.62. The maximum Gasteiger partial charge on any atom is 0.141 e. The summed E-state index contributed by atoms with van der Waals surface area (Å²) >= 11 is 1.77. The Bertz CT molecular complexity index is 651. The number of rotatable bonds is 2. The van der Waals surface area contributed by atoms with E-state index in [4.69, 9.17) is 0 Å². The molecule has 1 saturated heterocycles. The van der Waals surface area contributed by atoms with Gasteiger partial charge in [0.25, 0.3) is 0 Å². The largest absolute Gasteiger partial charge is 0.356 e. The van der Waals surface area contributed by atoms with Crippen LogP contribution in [0.2, 0.25) is 0 Å². The highest BCUT2D eigenvalue weighted by atomic mass is 32.1. The molecule has 1 aliphatic heterocycles. The van der Waals surface area contributed by atoms with E-state index in [1.54, 1.807) is 17.7 Å². The number of anilines is 1. The lowest BCUT2D eigenvalue weighted by Crippen LogP contribution is -2.48. The number of thiophene rings is 1. The first-order valence-electron chi connectivity index (χ1n) is 7.61. The molecule has 0 N–H and O–H groups in total. The fourth-order valence-electron chi connectivity index (χ4n) is 3.51. The predicted octanol–water partition coefficient (Wildman–Crippen LogP) is 3.08. The molecule has 4 nitrogen and oxygen atoms in total. The zero-order chi connectivity index (χ0) is 15.1. The normalized spacial score (nSPS) is 23.7. The fourth-order valence-corrected chi connectivity index (χ4v) is 4.50. The second-order valence-corrected chi connectivity index (χ2v) is 7.57. The van der Waals surface area contributed by atoms with E-state index in [2.05, 4.69) is 54.6 Å². The first-order chi connectivity index (χ1) is 9.99. The lowest BCUT2D eigenvalue weighted by Gasteiger charge is -2.40. The molecule has 0 aromatic carbocycles. The van der Waals surface area contributed by atoms with Crippen molar-refractivity contribution in [3.63, 3.8) is 0 Å². The number of likely N-dealkylation sites (tertiary alicyclic amines) is 1. The number of nitrogens with zero attached hydrogens (tertiary/aromatic N) is 4. The Hall–Kier alpha value is -1.20. The van der Waals surface area contributed by atoms with Gasteiger partial charge in [0.05, 0.1) is 5.39 Å². The van der Waals surface area contributed by atoms with E-state index in [0.717, 1.165) is 23.7 Å². The Morgan fingerprint density at radius 3 is 2.81 bits per heavy atom. The van der Waals surface area contributed by atoms with Crippen molar-refractivity contribution in [2.24, 2.45) is 5.92 Å². The number of fused-ring (bicyclic) bond motifs is 1. The summed E-state index contributed by atoms with van der Waals surface area (Å²) in [5.74, 6) is 1.75. The van der Waals surface area contributed by atoms with E-state index in [9.17, 15) is 0 Å². The van der Waals surface area contributed by atoms with Crippen LogP contribution in [0.4, 0.5) is 5.82 Å². The predicted molar refractivity (Wildman–Crippen MR) is 90.4 cm³/mol. The number of piperidine rings is 1. The van der Waals surface area contributed by atoms with Gasteiger partial charge in [0, 0.05) is 24.5 Å². The van der Waals surface area contributed by atoms with Crippen LogP contribution in [0, 0.1) is 19.8 Å². The van der Waals surface area contributed by atoms with Gasteiger partial charge >= 0.3 is 0 Å². The number of aromatic nitrogens is 2. The van der Waals surface area contributed by atoms with Crippen molar-refractivity contribution in [2.75, 3.05) is 32.1 Å². The minimum Gasteiger partial charge on any atom is -0.356 e. The lowest BCUT2D eigenvalue weighted by molar-refractivity contribution is 0.193. The summed E-state index contributed by atoms with van der Waals surface area (Å²) in [5.41, 5.74) is 1.33. The second-order valence-electron chi connectivity index (χ2n) is 6.37. The second kappa shape index (κ2) is 5.54. The standard InChI is InChI=1S/C16H24N4S/c1-10-8-19(4)7-6-13(10)20(5)15-14-11(2)12(3)21-16(14)18-9-17-15/h9-10,13H,6-8H2,1-5H3/t10-,13+/m0/s1. The van der Waals surface area contributed by atoms with Crippen molar-refractivity contribution in [2.45, 2.75) is 33.2 Å². The molecule has 0 radical (unpaired) electrons. The molecule has 0 unspecified atom stereocenters. The van der Waals surface area contributed by atoms with Gasteiger partial charge in [0.15, 0.2) is 0 Å². The Morgan fingerprint density at radius 1 is 1.33 bits per heavy atom. The van der Waals surface area contributed by atoms with Crippen molar-refractivity contribution < 1.29 is 0 Å². The number of aryl methyl sites for hydroxylation is 2. The third-order valence-electron chi connectivity index (χ3n) is 4.84. The van der Waals surface area contributed by atoms with Gasteiger partial charge in [-0.05, 0) is 45.3 Å². The summed E-state index contributed by atoms with van der Waals surface area (Å²) in [5, 5.41) is 1.24. The van der Waals surface area contributed by atoms with E-state index in [1.807, 2.05) is 0 Å². The molecule has 0 bridgehead atoms. The molecule has 3 rings (SSSR count). The Kier molecular flexibility index (Phi) is 3.88. The number of hydrogen-bond donors (Lipinski definition) is 0. The maximum atomic E-state index is 4.62. The van der Waals surface area contributed by atoms with Gasteiger partial charge in [-0.2, -0.15) is 0 Å². The van der Waals surface area contributed by atoms with Crippen LogP contribution in [-0.2, 0) is 0 Å². The molecule has 2 aromatic heterocycles. The van der Waals surface area contributed by atoms with E-state index in [1.165, 1.54) is 22.2 Å². The molecular formula is C16H24N4S. The molecule has 0 spiro atoms. The average Bonchev–Trinajstić information content (AvgIpc) is 2.73. The summed E-state index contributed by atoms with van der Waals surface area (Å²) in [6, 6.07) is 0.555. The van der Waals surface area contributed by atoms with Crippen molar-refractivity contribution in [3.05, 3.63) is 16.8 Å². The van der Waals surface area contributed by atoms with Crippen molar-refractivity contribution >= 4 is 27.4 Å². The first kappa shape index (κ1) is 14.7. The fraction of sp³-hybridized carbons (Fsp3) is 0.625. The smallest absolute Gasteiger partial charge is 0.141 e. The van der Waals surface area contributed by atoms with Gasteiger partial charge in [-0.15, -0.1) is 11.3 Å². The molecule has 21 heavy (non-hydrogen) atoms. The summed E-state index contributed by atoms with van der Waals surface area (Å²) in [7, 11) is 4.41. The minimum absolute atomic E-state index is 0.555. The zero-order valence-electron chi connectivity index (χ0n) is 13.6. The van der Waals surface area contributed by atoms with Gasteiger partial charge in [-0.25, -0.2) is 9.97 Å². The first-order valence-corrected chi connectivity index (χ1v) is 8.42. The molecule has 5 heteroatoms. The van der Waals surface area contributed by atoms with Crippen LogP contribution < -0.4 is 4.90 Å². The molecule has 2 atom stereocenters. The molecule has 0 amide bonds. The van der Waals surface area contributed by atoms with E-state index in [-0.39, 0.29) is 0 Å². The van der Waals surface area contributed by atoms with E-state index in [0.29, 0.717) is 12.0 Å². The molecular weight excluding hydrogens is 280 g/mol. The highest BCUT2D eigenvalue weighted by Crippen LogP contribution is 2.35. The Balaban J connectivity index is 2.00. The van der Waals surface area contributed by atoms with Crippen LogP contribution in [0.1, 0.15) is 23.8 Å². The van der Waals surface area contributed by atoms with Crippen molar-refractivity contribution in [1.29, 1.82) is 0 Å². The quantitative estimate of drug-likeness (QED) is 0.853. The van der Waals surface area contributed by atoms with Crippen LogP contribution in [-0.4, -0.2) is 48.1 Å². The topological polar surface area (TPSA) is 32.3 Å². The molecule has 1 fully saturated rings. The summed E-state index contributed by atoms with van der Waals surface area (Å²) < 4.78 is 0. The summed E-state index contributed by atoms with van der Waals surface area (Å²) in [6.07, 6.45) is 2.91. The molecule has 3 heterocycles. The van der Waals surface area contributed by atoms with Gasteiger partial charge < -0.3 is 9.80 Å². The van der Waals surface area contributed by atoms with E-state index < -0.39 is 0 Å². The Morgan fingerprint density at radius 2 is 2.10 bits per heavy atom. The summed E-state index contributed by atoms with van der Waals surface area (Å²) in [6.45, 7) is 9.03. The Labute approximate surface area is 130 Å². The highest BCUT2D eigenvalue weighted by Gasteiger charge is 2.29. The van der Waals surface area contributed by atoms with Crippen LogP contribution in [0.5, 0.6) is 0 Å². The third kappa shape index (κ3) is 2.53. The zero-order valence-corrected chi connectivity index (χ0v) is 14.4. The highest BCUT2D eigenvalue weighted by molar-refractivity contribution is 7.18. The molecule has 114 valence electrons. The van der Waals surface area contributed by atoms with Crippen LogP contribution in [0.15, 0.2) is 6.33 Å². The van der Waals surface area contributed by atoms with Gasteiger partial charge in [0.2, 0.25) is 0 Å². The van der Waals surface area contributed by atoms with Gasteiger partial charge in [0.1, 0.15) is 17.0 Å². The van der Waals surface area contributed by atoms with E-state index >= 15 is 0 Å². The minimum atomic E-state index is 0.555. The average molecular weight is 304 g/mol. The van der Waals surface area contributed by atoms with Crippen LogP contribution in [0.3, 0.4) is 0 Å². The van der Waals surface area contributed by atoms with Gasteiger partial charge in [-0.1, -0.05) is 6.92 Å². The van der Waals surface area contributed by atoms with Crippen molar-refractivity contribution in [1.82, 2.24) is 14.9 Å². The van der Waals surface area contributed by atoms with Crippen LogP contribution in [0.25, 0.3) is 10.2 Å². The van der Waals surface area contributed by atoms with Crippen molar-refractivity contribution in [3.8, 4) is 0 Å². The SMILES string of the molecule is Cc1sc2ncnc(N(C)[C@@H]3CCN(C)C[C@@H]3C)c2c1C. The lowest BCUT2D eigenvalue weighted by atomic mass is 9.93. The molecule has 0 saturated carbocycles. The van der Waals surface area contributed by atoms with Gasteiger partial charge in [-0.3, -0.25) is 0 Å². The number of hydrogen-bond acceptors (Lipinski definition) is 5.